The molecule has 8 nitrogen and oxygen atoms in total. The van der Waals surface area contributed by atoms with Crippen molar-refractivity contribution in [3.8, 4) is 11.4 Å². The van der Waals surface area contributed by atoms with Gasteiger partial charge in [-0.05, 0) is 55.0 Å². The lowest BCUT2D eigenvalue weighted by Gasteiger charge is -2.14. The Morgan fingerprint density at radius 1 is 1.06 bits per heavy atom. The predicted molar refractivity (Wildman–Crippen MR) is 120 cm³/mol. The number of hydrogen-bond acceptors (Lipinski definition) is 6. The molecule has 0 radical (unpaired) electrons. The van der Waals surface area contributed by atoms with Gasteiger partial charge in [-0.15, -0.1) is 0 Å². The Morgan fingerprint density at radius 3 is 2.57 bits per heavy atom. The Hall–Kier alpha value is -4.54. The van der Waals surface area contributed by atoms with Crippen LogP contribution in [0.2, 0.25) is 0 Å². The van der Waals surface area contributed by atoms with Gasteiger partial charge >= 0.3 is 6.18 Å². The van der Waals surface area contributed by atoms with Crippen LogP contribution in [-0.2, 0) is 12.8 Å². The van der Waals surface area contributed by atoms with Crippen molar-refractivity contribution in [1.29, 1.82) is 0 Å². The molecule has 0 aliphatic heterocycles. The van der Waals surface area contributed by atoms with E-state index < -0.39 is 28.8 Å². The molecule has 0 aliphatic carbocycles. The molecule has 0 bridgehead atoms. The van der Waals surface area contributed by atoms with Crippen LogP contribution in [0, 0.1) is 6.92 Å². The van der Waals surface area contributed by atoms with Gasteiger partial charge in [0.2, 0.25) is 5.43 Å². The second kappa shape index (κ2) is 9.75. The van der Waals surface area contributed by atoms with Crippen molar-refractivity contribution < 1.29 is 22.7 Å². The van der Waals surface area contributed by atoms with Crippen LogP contribution in [0.1, 0.15) is 27.3 Å². The molecule has 0 saturated heterocycles. The molecule has 1 amide bonds. The van der Waals surface area contributed by atoms with Gasteiger partial charge in [0.05, 0.1) is 11.3 Å². The molecule has 0 saturated carbocycles. The molecular formula is C24H18F3N5O3. The quantitative estimate of drug-likeness (QED) is 0.444. The minimum Gasteiger partial charge on any atom is -0.485 e. The molecule has 178 valence electrons. The van der Waals surface area contributed by atoms with E-state index in [0.717, 1.165) is 28.4 Å². The van der Waals surface area contributed by atoms with E-state index in [9.17, 15) is 22.8 Å². The molecule has 0 spiro atoms. The topological polar surface area (TPSA) is 99.0 Å². The number of nitrogens with one attached hydrogen (secondary N) is 1. The number of halogens is 3. The highest BCUT2D eigenvalue weighted by atomic mass is 19.4. The lowest BCUT2D eigenvalue weighted by atomic mass is 10.2. The number of nitrogens with zero attached hydrogens (tertiary/aromatic N) is 4. The first-order valence-electron chi connectivity index (χ1n) is 10.3. The average Bonchev–Trinajstić information content (AvgIpc) is 2.83. The fourth-order valence-electron chi connectivity index (χ4n) is 3.19. The first kappa shape index (κ1) is 23.6. The Balaban J connectivity index is 1.61. The number of carbonyl (C=O) groups is 1. The fraction of sp³-hybridized carbons (Fsp3) is 0.125. The van der Waals surface area contributed by atoms with Crippen molar-refractivity contribution in [2.24, 2.45) is 0 Å². The summed E-state index contributed by atoms with van der Waals surface area (Å²) in [6.07, 6.45) is 0.0967. The number of carbonyl (C=O) groups excluding carboxylic acids is 1. The number of ether oxygens (including phenoxy) is 1. The lowest BCUT2D eigenvalue weighted by molar-refractivity contribution is -0.137. The van der Waals surface area contributed by atoms with Crippen LogP contribution in [0.15, 0.2) is 78.0 Å². The number of rotatable bonds is 6. The third-order valence-corrected chi connectivity index (χ3v) is 4.89. The summed E-state index contributed by atoms with van der Waals surface area (Å²) in [6.45, 7) is 1.68. The number of anilines is 1. The summed E-state index contributed by atoms with van der Waals surface area (Å²) in [5, 5.41) is 6.53. The third-order valence-electron chi connectivity index (χ3n) is 4.89. The molecule has 1 aromatic carbocycles. The van der Waals surface area contributed by atoms with E-state index in [-0.39, 0.29) is 29.6 Å². The monoisotopic (exact) mass is 481 g/mol. The van der Waals surface area contributed by atoms with Gasteiger partial charge in [-0.3, -0.25) is 14.6 Å². The van der Waals surface area contributed by atoms with E-state index >= 15 is 0 Å². The number of hydrogen-bond donors (Lipinski definition) is 1. The first-order valence-corrected chi connectivity index (χ1v) is 10.3. The summed E-state index contributed by atoms with van der Waals surface area (Å²) in [7, 11) is 0. The number of pyridine rings is 2. The predicted octanol–water partition coefficient (Wildman–Crippen LogP) is 4.18. The summed E-state index contributed by atoms with van der Waals surface area (Å²) in [6, 6.07) is 12.3. The zero-order valence-corrected chi connectivity index (χ0v) is 18.3. The van der Waals surface area contributed by atoms with Crippen LogP contribution in [-0.4, -0.2) is 25.7 Å². The van der Waals surface area contributed by atoms with Crippen molar-refractivity contribution in [2.75, 3.05) is 5.32 Å². The van der Waals surface area contributed by atoms with Gasteiger partial charge in [0.15, 0.2) is 17.3 Å². The van der Waals surface area contributed by atoms with Crippen LogP contribution in [0.4, 0.5) is 19.0 Å². The first-order chi connectivity index (χ1) is 16.7. The second-order valence-electron chi connectivity index (χ2n) is 7.41. The Kier molecular flexibility index (Phi) is 6.58. The highest BCUT2D eigenvalue weighted by Gasteiger charge is 2.30. The van der Waals surface area contributed by atoms with Crippen molar-refractivity contribution in [3.05, 3.63) is 106 Å². The maximum Gasteiger partial charge on any atom is 0.416 e. The summed E-state index contributed by atoms with van der Waals surface area (Å²) < 4.78 is 46.3. The average molecular weight is 481 g/mol. The fourth-order valence-corrected chi connectivity index (χ4v) is 3.19. The Labute approximate surface area is 197 Å². The smallest absolute Gasteiger partial charge is 0.416 e. The number of alkyl halides is 3. The van der Waals surface area contributed by atoms with Crippen LogP contribution < -0.4 is 15.5 Å². The third kappa shape index (κ3) is 5.52. The minimum atomic E-state index is -4.56. The second-order valence-corrected chi connectivity index (χ2v) is 7.41. The molecule has 0 unspecified atom stereocenters. The number of amides is 1. The zero-order chi connectivity index (χ0) is 25.0. The maximum absolute atomic E-state index is 13.1. The van der Waals surface area contributed by atoms with Crippen LogP contribution in [0.25, 0.3) is 5.69 Å². The number of aryl methyl sites for hydroxylation is 1. The van der Waals surface area contributed by atoms with E-state index in [0.29, 0.717) is 0 Å². The van der Waals surface area contributed by atoms with Crippen LogP contribution in [0.5, 0.6) is 5.75 Å². The van der Waals surface area contributed by atoms with Gasteiger partial charge in [-0.25, -0.2) is 9.67 Å². The number of aromatic nitrogens is 4. The molecular weight excluding hydrogens is 463 g/mol. The Bertz CT molecular complexity index is 1420. The van der Waals surface area contributed by atoms with Gasteiger partial charge in [-0.1, -0.05) is 6.07 Å². The van der Waals surface area contributed by atoms with E-state index in [1.807, 2.05) is 0 Å². The molecule has 4 rings (SSSR count). The van der Waals surface area contributed by atoms with Crippen molar-refractivity contribution >= 4 is 11.7 Å². The molecule has 0 aliphatic rings. The molecule has 1 N–H and O–H groups in total. The largest absolute Gasteiger partial charge is 0.485 e. The standard InChI is InChI=1S/C24H18F3N5O3/c1-15-12-19(33)21(31-32(15)18-5-2-4-17(13-18)24(25,26)27)23(34)30-22-20(6-3-9-29-22)35-14-16-7-10-28-11-8-16/h2-13H,14H2,1H3,(H,29,30,34). The Morgan fingerprint density at radius 2 is 1.83 bits per heavy atom. The summed E-state index contributed by atoms with van der Waals surface area (Å²) in [4.78, 5) is 33.4. The molecule has 0 fully saturated rings. The summed E-state index contributed by atoms with van der Waals surface area (Å²) >= 11 is 0. The highest BCUT2D eigenvalue weighted by Crippen LogP contribution is 2.30. The molecule has 0 atom stereocenters. The van der Waals surface area contributed by atoms with Crippen molar-refractivity contribution in [3.63, 3.8) is 0 Å². The summed E-state index contributed by atoms with van der Waals surface area (Å²) in [5.74, 6) is -0.579. The zero-order valence-electron chi connectivity index (χ0n) is 18.3. The van der Waals surface area contributed by atoms with Gasteiger partial charge in [0.1, 0.15) is 6.61 Å². The molecule has 35 heavy (non-hydrogen) atoms. The summed E-state index contributed by atoms with van der Waals surface area (Å²) in [5.41, 5.74) is -0.955. The van der Waals surface area contributed by atoms with Gasteiger partial charge < -0.3 is 10.1 Å². The van der Waals surface area contributed by atoms with E-state index in [2.05, 4.69) is 20.4 Å². The van der Waals surface area contributed by atoms with Crippen LogP contribution in [0.3, 0.4) is 0 Å². The van der Waals surface area contributed by atoms with Crippen molar-refractivity contribution in [1.82, 2.24) is 19.7 Å². The normalized spacial score (nSPS) is 11.2. The highest BCUT2D eigenvalue weighted by molar-refractivity contribution is 6.02. The molecule has 11 heteroatoms. The lowest BCUT2D eigenvalue weighted by Crippen LogP contribution is -2.27. The van der Waals surface area contributed by atoms with Crippen LogP contribution >= 0.6 is 0 Å². The molecule has 4 aromatic rings. The van der Waals surface area contributed by atoms with E-state index in [4.69, 9.17) is 4.74 Å². The molecule has 3 heterocycles. The van der Waals surface area contributed by atoms with Gasteiger partial charge in [0.25, 0.3) is 5.91 Å². The van der Waals surface area contributed by atoms with Crippen molar-refractivity contribution in [2.45, 2.75) is 19.7 Å². The minimum absolute atomic E-state index is 0.0468. The van der Waals surface area contributed by atoms with E-state index in [1.54, 1.807) is 36.7 Å². The number of benzene rings is 1. The SMILES string of the molecule is Cc1cc(=O)c(C(=O)Nc2ncccc2OCc2ccncc2)nn1-c1cccc(C(F)(F)F)c1. The maximum atomic E-state index is 13.1. The van der Waals surface area contributed by atoms with Gasteiger partial charge in [-0.2, -0.15) is 18.3 Å². The van der Waals surface area contributed by atoms with E-state index in [1.165, 1.54) is 25.3 Å². The van der Waals surface area contributed by atoms with Gasteiger partial charge in [0, 0.05) is 30.4 Å². The molecule has 3 aromatic heterocycles.